The molecule has 4 nitrogen and oxygen atoms in total. The molecule has 1 unspecified atom stereocenters. The van der Waals surface area contributed by atoms with Crippen molar-refractivity contribution in [3.63, 3.8) is 0 Å². The van der Waals surface area contributed by atoms with E-state index in [1.807, 2.05) is 24.3 Å². The van der Waals surface area contributed by atoms with E-state index in [1.165, 1.54) is 0 Å². The van der Waals surface area contributed by atoms with Gasteiger partial charge in [-0.05, 0) is 12.5 Å². The Bertz CT molecular complexity index is 426. The second kappa shape index (κ2) is 3.73. The first-order valence-electron chi connectivity index (χ1n) is 4.80. The highest BCUT2D eigenvalue weighted by atomic mass is 16.4. The summed E-state index contributed by atoms with van der Waals surface area (Å²) in [6.07, 6.45) is 0. The molecule has 4 heteroatoms. The lowest BCUT2D eigenvalue weighted by Gasteiger charge is -2.11. The maximum Gasteiger partial charge on any atom is 0.325 e. The van der Waals surface area contributed by atoms with Gasteiger partial charge in [0.2, 0.25) is 0 Å². The van der Waals surface area contributed by atoms with Crippen LogP contribution in [0.25, 0.3) is 0 Å². The van der Waals surface area contributed by atoms with E-state index in [-0.39, 0.29) is 0 Å². The van der Waals surface area contributed by atoms with Crippen LogP contribution in [0.4, 0.5) is 0 Å². The summed E-state index contributed by atoms with van der Waals surface area (Å²) in [7, 11) is 0. The molecule has 0 saturated heterocycles. The largest absolute Gasteiger partial charge is 0.480 e. The number of aliphatic imine (C=N–C) groups is 1. The molecule has 78 valence electrons. The fourth-order valence-electron chi connectivity index (χ4n) is 1.53. The lowest BCUT2D eigenvalue weighted by Crippen LogP contribution is -2.38. The number of carbonyl (C=O) groups is 1. The summed E-state index contributed by atoms with van der Waals surface area (Å²) >= 11 is 0. The number of nitrogens with zero attached hydrogens (tertiary/aromatic N) is 1. The summed E-state index contributed by atoms with van der Waals surface area (Å²) in [5.74, 6) is -0.192. The zero-order chi connectivity index (χ0) is 10.8. The van der Waals surface area contributed by atoms with Gasteiger partial charge in [0, 0.05) is 5.56 Å². The maximum absolute atomic E-state index is 10.7. The number of fused-ring (bicyclic) bond motifs is 1. The molecule has 1 atom stereocenters. The molecule has 0 aliphatic carbocycles. The van der Waals surface area contributed by atoms with Gasteiger partial charge in [0.25, 0.3) is 0 Å². The fraction of sp³-hybridized carbons (Fsp3) is 0.273. The highest BCUT2D eigenvalue weighted by Gasteiger charge is 2.19. The number of carboxylic acids is 1. The van der Waals surface area contributed by atoms with E-state index in [1.54, 1.807) is 6.92 Å². The molecule has 0 bridgehead atoms. The Balaban J connectivity index is 2.17. The molecule has 0 aromatic heterocycles. The van der Waals surface area contributed by atoms with E-state index < -0.39 is 12.0 Å². The third-order valence-electron chi connectivity index (χ3n) is 2.40. The van der Waals surface area contributed by atoms with Crippen molar-refractivity contribution in [1.29, 1.82) is 0 Å². The molecule has 1 heterocycles. The summed E-state index contributed by atoms with van der Waals surface area (Å²) in [5, 5.41) is 11.7. The molecule has 0 fully saturated rings. The highest BCUT2D eigenvalue weighted by Crippen LogP contribution is 2.17. The van der Waals surface area contributed by atoms with Crippen molar-refractivity contribution in [2.24, 2.45) is 4.99 Å². The van der Waals surface area contributed by atoms with Gasteiger partial charge in [-0.25, -0.2) is 0 Å². The monoisotopic (exact) mass is 204 g/mol. The van der Waals surface area contributed by atoms with Crippen molar-refractivity contribution in [3.8, 4) is 0 Å². The predicted molar refractivity (Wildman–Crippen MR) is 56.9 cm³/mol. The Morgan fingerprint density at radius 3 is 3.00 bits per heavy atom. The number of amidine groups is 1. The molecule has 0 saturated carbocycles. The topological polar surface area (TPSA) is 61.7 Å². The van der Waals surface area contributed by atoms with Crippen molar-refractivity contribution >= 4 is 11.8 Å². The van der Waals surface area contributed by atoms with Gasteiger partial charge in [-0.1, -0.05) is 24.3 Å². The van der Waals surface area contributed by atoms with Crippen LogP contribution in [0.1, 0.15) is 18.1 Å². The molecule has 2 N–H and O–H groups in total. The summed E-state index contributed by atoms with van der Waals surface area (Å²) in [4.78, 5) is 14.9. The fourth-order valence-corrected chi connectivity index (χ4v) is 1.53. The third-order valence-corrected chi connectivity index (χ3v) is 2.40. The molecule has 15 heavy (non-hydrogen) atoms. The molecular formula is C11H12N2O2. The SMILES string of the molecule is CC(NC1=NCc2ccccc21)C(=O)O. The van der Waals surface area contributed by atoms with Crippen LogP contribution < -0.4 is 5.32 Å². The second-order valence-electron chi connectivity index (χ2n) is 3.53. The number of nitrogens with one attached hydrogen (secondary N) is 1. The summed E-state index contributed by atoms with van der Waals surface area (Å²) < 4.78 is 0. The maximum atomic E-state index is 10.7. The Morgan fingerprint density at radius 1 is 1.53 bits per heavy atom. The van der Waals surface area contributed by atoms with Crippen molar-refractivity contribution in [2.45, 2.75) is 19.5 Å². The van der Waals surface area contributed by atoms with Gasteiger partial charge in [-0.2, -0.15) is 0 Å². The van der Waals surface area contributed by atoms with Crippen molar-refractivity contribution < 1.29 is 9.90 Å². The van der Waals surface area contributed by atoms with Crippen LogP contribution in [0.5, 0.6) is 0 Å². The van der Waals surface area contributed by atoms with Crippen molar-refractivity contribution in [2.75, 3.05) is 0 Å². The molecule has 1 aromatic carbocycles. The molecular weight excluding hydrogens is 192 g/mol. The summed E-state index contributed by atoms with van der Waals surface area (Å²) in [6.45, 7) is 2.23. The lowest BCUT2D eigenvalue weighted by atomic mass is 10.1. The van der Waals surface area contributed by atoms with Gasteiger partial charge in [0.05, 0.1) is 6.54 Å². The zero-order valence-electron chi connectivity index (χ0n) is 8.40. The number of rotatable bonds is 2. The Kier molecular flexibility index (Phi) is 2.41. The number of carboxylic acid groups (broad SMARTS) is 1. The van der Waals surface area contributed by atoms with Gasteiger partial charge < -0.3 is 10.4 Å². The van der Waals surface area contributed by atoms with E-state index in [0.29, 0.717) is 12.4 Å². The normalized spacial score (nSPS) is 15.4. The minimum atomic E-state index is -0.873. The third kappa shape index (κ3) is 1.83. The zero-order valence-corrected chi connectivity index (χ0v) is 8.40. The molecule has 2 rings (SSSR count). The van der Waals surface area contributed by atoms with E-state index in [2.05, 4.69) is 10.3 Å². The van der Waals surface area contributed by atoms with Crippen LogP contribution in [0.2, 0.25) is 0 Å². The quantitative estimate of drug-likeness (QED) is 0.755. The molecule has 0 spiro atoms. The standard InChI is InChI=1S/C11H12N2O2/c1-7(11(14)15)13-10-9-5-3-2-4-8(9)6-12-10/h2-5,7H,6H2,1H3,(H,12,13)(H,14,15). The second-order valence-corrected chi connectivity index (χ2v) is 3.53. The smallest absolute Gasteiger partial charge is 0.325 e. The summed E-state index contributed by atoms with van der Waals surface area (Å²) in [6, 6.07) is 7.21. The highest BCUT2D eigenvalue weighted by molar-refractivity contribution is 6.03. The Hall–Kier alpha value is -1.84. The Labute approximate surface area is 87.7 Å². The van der Waals surface area contributed by atoms with Crippen LogP contribution in [0.15, 0.2) is 29.3 Å². The van der Waals surface area contributed by atoms with E-state index >= 15 is 0 Å². The van der Waals surface area contributed by atoms with Crippen LogP contribution in [-0.2, 0) is 11.3 Å². The van der Waals surface area contributed by atoms with Crippen molar-refractivity contribution in [3.05, 3.63) is 35.4 Å². The number of aliphatic carboxylic acids is 1. The minimum absolute atomic E-state index is 0.616. The van der Waals surface area contributed by atoms with E-state index in [9.17, 15) is 4.79 Å². The average Bonchev–Trinajstić information content (AvgIpc) is 2.62. The first kappa shape index (κ1) is 9.71. The Morgan fingerprint density at radius 2 is 2.27 bits per heavy atom. The predicted octanol–water partition coefficient (Wildman–Crippen LogP) is 1.01. The van der Waals surface area contributed by atoms with Gasteiger partial charge in [0.1, 0.15) is 11.9 Å². The van der Waals surface area contributed by atoms with E-state index in [4.69, 9.17) is 5.11 Å². The van der Waals surface area contributed by atoms with E-state index in [0.717, 1.165) is 11.1 Å². The first-order valence-corrected chi connectivity index (χ1v) is 4.80. The van der Waals surface area contributed by atoms with Gasteiger partial charge in [0.15, 0.2) is 0 Å². The van der Waals surface area contributed by atoms with Crippen molar-refractivity contribution in [1.82, 2.24) is 5.32 Å². The summed E-state index contributed by atoms with van der Waals surface area (Å²) in [5.41, 5.74) is 2.14. The van der Waals surface area contributed by atoms with Crippen LogP contribution in [-0.4, -0.2) is 23.0 Å². The van der Waals surface area contributed by atoms with Gasteiger partial charge in [-0.15, -0.1) is 0 Å². The van der Waals surface area contributed by atoms with Crippen LogP contribution in [0, 0.1) is 0 Å². The number of benzene rings is 1. The molecule has 0 amide bonds. The van der Waals surface area contributed by atoms with Gasteiger partial charge in [-0.3, -0.25) is 9.79 Å². The van der Waals surface area contributed by atoms with Crippen LogP contribution >= 0.6 is 0 Å². The lowest BCUT2D eigenvalue weighted by molar-refractivity contribution is -0.138. The molecule has 1 aliphatic rings. The van der Waals surface area contributed by atoms with Gasteiger partial charge >= 0.3 is 5.97 Å². The molecule has 1 aliphatic heterocycles. The molecule has 1 aromatic rings. The number of hydrogen-bond donors (Lipinski definition) is 2. The number of hydrogen-bond acceptors (Lipinski definition) is 3. The first-order chi connectivity index (χ1) is 7.18. The molecule has 0 radical (unpaired) electrons. The minimum Gasteiger partial charge on any atom is -0.480 e. The average molecular weight is 204 g/mol. The van der Waals surface area contributed by atoms with Crippen LogP contribution in [0.3, 0.4) is 0 Å².